The van der Waals surface area contributed by atoms with E-state index in [9.17, 15) is 0 Å². The second kappa shape index (κ2) is 4.80. The molecule has 1 aromatic heterocycles. The van der Waals surface area contributed by atoms with Crippen LogP contribution in [-0.4, -0.2) is 16.3 Å². The molecule has 0 atom stereocenters. The molecule has 0 aliphatic rings. The lowest BCUT2D eigenvalue weighted by Crippen LogP contribution is -2.07. The Kier molecular flexibility index (Phi) is 3.41. The van der Waals surface area contributed by atoms with Crippen LogP contribution in [0.15, 0.2) is 34.9 Å². The quantitative estimate of drug-likeness (QED) is 0.938. The fraction of sp³-hybridized carbons (Fsp3) is 0.250. The average Bonchev–Trinajstić information content (AvgIpc) is 2.68. The van der Waals surface area contributed by atoms with Crippen molar-refractivity contribution in [3.05, 3.63) is 46.2 Å². The summed E-state index contributed by atoms with van der Waals surface area (Å²) in [6.45, 7) is 2.63. The molecule has 3 nitrogen and oxygen atoms in total. The third-order valence-electron chi connectivity index (χ3n) is 2.43. The van der Waals surface area contributed by atoms with Crippen molar-refractivity contribution in [1.29, 1.82) is 0 Å². The Morgan fingerprint density at radius 1 is 1.38 bits per heavy atom. The molecule has 1 heterocycles. The first kappa shape index (κ1) is 11.4. The topological polar surface area (TPSA) is 43.8 Å². The minimum atomic E-state index is 0.648. The normalized spacial score (nSPS) is 10.7. The van der Waals surface area contributed by atoms with E-state index in [1.807, 2.05) is 29.9 Å². The highest BCUT2D eigenvalue weighted by Gasteiger charge is 2.05. The van der Waals surface area contributed by atoms with Crippen LogP contribution in [0.5, 0.6) is 0 Å². The Morgan fingerprint density at radius 2 is 2.19 bits per heavy atom. The van der Waals surface area contributed by atoms with Crippen molar-refractivity contribution in [2.45, 2.75) is 13.3 Å². The summed E-state index contributed by atoms with van der Waals surface area (Å²) in [5.41, 5.74) is 8.93. The van der Waals surface area contributed by atoms with Crippen LogP contribution < -0.4 is 5.73 Å². The van der Waals surface area contributed by atoms with Crippen molar-refractivity contribution >= 4 is 15.9 Å². The van der Waals surface area contributed by atoms with E-state index in [1.165, 1.54) is 5.56 Å². The number of hydrogen-bond acceptors (Lipinski definition) is 2. The summed E-state index contributed by atoms with van der Waals surface area (Å²) in [5.74, 6) is 0. The zero-order valence-corrected chi connectivity index (χ0v) is 10.7. The Morgan fingerprint density at radius 3 is 2.81 bits per heavy atom. The fourth-order valence-electron chi connectivity index (χ4n) is 1.67. The molecule has 0 fully saturated rings. The fourth-order valence-corrected chi connectivity index (χ4v) is 2.02. The van der Waals surface area contributed by atoms with Gasteiger partial charge < -0.3 is 5.73 Å². The monoisotopic (exact) mass is 279 g/mol. The molecule has 2 aromatic rings. The Balaban J connectivity index is 2.48. The molecule has 2 rings (SSSR count). The lowest BCUT2D eigenvalue weighted by atomic mass is 10.1. The van der Waals surface area contributed by atoms with Crippen LogP contribution in [-0.2, 0) is 6.42 Å². The number of benzene rings is 1. The molecule has 0 radical (unpaired) electrons. The summed E-state index contributed by atoms with van der Waals surface area (Å²) in [7, 11) is 0. The molecule has 0 spiro atoms. The van der Waals surface area contributed by atoms with E-state index in [0.29, 0.717) is 6.54 Å². The molecule has 1 aromatic carbocycles. The van der Waals surface area contributed by atoms with Gasteiger partial charge in [-0.3, -0.25) is 0 Å². The minimum Gasteiger partial charge on any atom is -0.330 e. The van der Waals surface area contributed by atoms with Crippen LogP contribution in [0, 0.1) is 6.92 Å². The maximum Gasteiger partial charge on any atom is 0.0689 e. The standard InChI is InChI=1S/C12H14BrN3/c1-9-5-7-16(15-9)12-8-11(13)3-2-10(12)4-6-14/h2-3,5,7-8H,4,6,14H2,1H3. The highest BCUT2D eigenvalue weighted by Crippen LogP contribution is 2.20. The molecule has 0 bridgehead atoms. The van der Waals surface area contributed by atoms with E-state index in [0.717, 1.165) is 22.3 Å². The first-order chi connectivity index (χ1) is 7.70. The molecule has 4 heteroatoms. The summed E-state index contributed by atoms with van der Waals surface area (Å²) >= 11 is 3.48. The zero-order chi connectivity index (χ0) is 11.5. The number of rotatable bonds is 3. The summed E-state index contributed by atoms with van der Waals surface area (Å²) in [5, 5.41) is 4.42. The Bertz CT molecular complexity index is 491. The van der Waals surface area contributed by atoms with Gasteiger partial charge >= 0.3 is 0 Å². The van der Waals surface area contributed by atoms with Gasteiger partial charge in [0.05, 0.1) is 11.4 Å². The number of hydrogen-bond donors (Lipinski definition) is 1. The maximum atomic E-state index is 5.61. The van der Waals surface area contributed by atoms with E-state index in [1.54, 1.807) is 0 Å². The van der Waals surface area contributed by atoms with Crippen molar-refractivity contribution in [3.63, 3.8) is 0 Å². The molecule has 0 unspecified atom stereocenters. The van der Waals surface area contributed by atoms with Crippen molar-refractivity contribution < 1.29 is 0 Å². The second-order valence-corrected chi connectivity index (χ2v) is 4.63. The molecule has 0 saturated carbocycles. The SMILES string of the molecule is Cc1ccn(-c2cc(Br)ccc2CCN)n1. The van der Waals surface area contributed by atoms with Crippen LogP contribution in [0.2, 0.25) is 0 Å². The molecule has 16 heavy (non-hydrogen) atoms. The van der Waals surface area contributed by atoms with Crippen LogP contribution >= 0.6 is 15.9 Å². The number of aromatic nitrogens is 2. The lowest BCUT2D eigenvalue weighted by Gasteiger charge is -2.09. The molecule has 84 valence electrons. The first-order valence-electron chi connectivity index (χ1n) is 5.22. The molecule has 0 saturated heterocycles. The third-order valence-corrected chi connectivity index (χ3v) is 2.92. The van der Waals surface area contributed by atoms with Crippen molar-refractivity contribution in [2.24, 2.45) is 5.73 Å². The molecule has 0 aliphatic carbocycles. The predicted molar refractivity (Wildman–Crippen MR) is 68.8 cm³/mol. The smallest absolute Gasteiger partial charge is 0.0689 e. The molecular weight excluding hydrogens is 266 g/mol. The van der Waals surface area contributed by atoms with Crippen LogP contribution in [0.3, 0.4) is 0 Å². The van der Waals surface area contributed by atoms with E-state index in [2.05, 4.69) is 33.2 Å². The maximum absolute atomic E-state index is 5.61. The highest BCUT2D eigenvalue weighted by molar-refractivity contribution is 9.10. The van der Waals surface area contributed by atoms with Crippen molar-refractivity contribution in [3.8, 4) is 5.69 Å². The zero-order valence-electron chi connectivity index (χ0n) is 9.15. The Labute approximate surface area is 103 Å². The summed E-state index contributed by atoms with van der Waals surface area (Å²) in [6.07, 6.45) is 2.83. The molecule has 0 aliphatic heterocycles. The molecule has 2 N–H and O–H groups in total. The summed E-state index contributed by atoms with van der Waals surface area (Å²) in [6, 6.07) is 8.18. The van der Waals surface area contributed by atoms with E-state index in [4.69, 9.17) is 5.73 Å². The van der Waals surface area contributed by atoms with E-state index < -0.39 is 0 Å². The first-order valence-corrected chi connectivity index (χ1v) is 6.01. The Hall–Kier alpha value is -1.13. The molecular formula is C12H14BrN3. The average molecular weight is 280 g/mol. The lowest BCUT2D eigenvalue weighted by molar-refractivity contribution is 0.837. The van der Waals surface area contributed by atoms with Gasteiger partial charge in [-0.15, -0.1) is 0 Å². The van der Waals surface area contributed by atoms with Crippen molar-refractivity contribution in [2.75, 3.05) is 6.54 Å². The van der Waals surface area contributed by atoms with Crippen LogP contribution in [0.4, 0.5) is 0 Å². The van der Waals surface area contributed by atoms with Crippen LogP contribution in [0.1, 0.15) is 11.3 Å². The van der Waals surface area contributed by atoms with Gasteiger partial charge in [0.2, 0.25) is 0 Å². The number of halogens is 1. The van der Waals surface area contributed by atoms with Gasteiger partial charge in [0, 0.05) is 10.7 Å². The minimum absolute atomic E-state index is 0.648. The second-order valence-electron chi connectivity index (χ2n) is 3.71. The van der Waals surface area contributed by atoms with E-state index >= 15 is 0 Å². The predicted octanol–water partition coefficient (Wildman–Crippen LogP) is 2.44. The third kappa shape index (κ3) is 2.33. The number of aryl methyl sites for hydroxylation is 1. The molecule has 0 amide bonds. The van der Waals surface area contributed by atoms with Gasteiger partial charge in [-0.05, 0) is 43.7 Å². The summed E-state index contributed by atoms with van der Waals surface area (Å²) < 4.78 is 2.95. The van der Waals surface area contributed by atoms with Gasteiger partial charge in [0.15, 0.2) is 0 Å². The van der Waals surface area contributed by atoms with E-state index in [-0.39, 0.29) is 0 Å². The number of nitrogens with two attached hydrogens (primary N) is 1. The van der Waals surface area contributed by atoms with Crippen LogP contribution in [0.25, 0.3) is 5.69 Å². The van der Waals surface area contributed by atoms with Gasteiger partial charge in [0.25, 0.3) is 0 Å². The largest absolute Gasteiger partial charge is 0.330 e. The number of nitrogens with zero attached hydrogens (tertiary/aromatic N) is 2. The van der Waals surface area contributed by atoms with Gasteiger partial charge in [-0.1, -0.05) is 22.0 Å². The van der Waals surface area contributed by atoms with Gasteiger partial charge in [-0.25, -0.2) is 4.68 Å². The van der Waals surface area contributed by atoms with Gasteiger partial charge in [-0.2, -0.15) is 5.10 Å². The highest BCUT2D eigenvalue weighted by atomic mass is 79.9. The van der Waals surface area contributed by atoms with Crippen molar-refractivity contribution in [1.82, 2.24) is 9.78 Å². The summed E-state index contributed by atoms with van der Waals surface area (Å²) in [4.78, 5) is 0. The van der Waals surface area contributed by atoms with Gasteiger partial charge in [0.1, 0.15) is 0 Å².